The van der Waals surface area contributed by atoms with Crippen molar-refractivity contribution in [2.24, 2.45) is 0 Å². The van der Waals surface area contributed by atoms with Gasteiger partial charge in [0.25, 0.3) is 5.91 Å². The number of hydrogen-bond donors (Lipinski definition) is 2. The standard InChI is InChI=1S/C15H22N4O2S/c1-16-13(20)10-19-7-4-12(5-8-19)18-15(21)11-3-6-17-14(9-11)22-2/h3,6,9,12H,4-5,7-8,10H2,1-2H3,(H,16,20)(H,18,21). The number of carbonyl (C=O) groups excluding carboxylic acids is 2. The SMILES string of the molecule is CNC(=O)CN1CCC(NC(=O)c2ccnc(SC)c2)CC1. The maximum atomic E-state index is 12.3. The molecule has 22 heavy (non-hydrogen) atoms. The van der Waals surface area contributed by atoms with Gasteiger partial charge in [-0.1, -0.05) is 0 Å². The van der Waals surface area contributed by atoms with E-state index in [9.17, 15) is 9.59 Å². The van der Waals surface area contributed by atoms with E-state index in [0.717, 1.165) is 31.0 Å². The molecule has 0 unspecified atom stereocenters. The molecular formula is C15H22N4O2S. The number of amides is 2. The van der Waals surface area contributed by atoms with Crippen LogP contribution < -0.4 is 10.6 Å². The van der Waals surface area contributed by atoms with Crippen LogP contribution in [0, 0.1) is 0 Å². The van der Waals surface area contributed by atoms with E-state index in [1.807, 2.05) is 6.26 Å². The molecule has 1 aromatic heterocycles. The molecule has 7 heteroatoms. The molecule has 0 aromatic carbocycles. The lowest BCUT2D eigenvalue weighted by Crippen LogP contribution is -2.47. The molecule has 2 N–H and O–H groups in total. The van der Waals surface area contributed by atoms with Gasteiger partial charge in [-0.3, -0.25) is 14.5 Å². The Bertz CT molecular complexity index is 530. The summed E-state index contributed by atoms with van der Waals surface area (Å²) in [6.45, 7) is 2.08. The van der Waals surface area contributed by atoms with Gasteiger partial charge in [-0.15, -0.1) is 11.8 Å². The fourth-order valence-electron chi connectivity index (χ4n) is 2.45. The third kappa shape index (κ3) is 4.71. The zero-order chi connectivity index (χ0) is 15.9. The van der Waals surface area contributed by atoms with Gasteiger partial charge in [-0.05, 0) is 31.2 Å². The number of thioether (sulfide) groups is 1. The van der Waals surface area contributed by atoms with Crippen LogP contribution in [-0.4, -0.2) is 60.7 Å². The van der Waals surface area contributed by atoms with Crippen LogP contribution in [0.5, 0.6) is 0 Å². The van der Waals surface area contributed by atoms with Crippen LogP contribution in [0.2, 0.25) is 0 Å². The van der Waals surface area contributed by atoms with Gasteiger partial charge in [-0.25, -0.2) is 4.98 Å². The Labute approximate surface area is 135 Å². The van der Waals surface area contributed by atoms with E-state index >= 15 is 0 Å². The molecule has 2 rings (SSSR count). The summed E-state index contributed by atoms with van der Waals surface area (Å²) in [6.07, 6.45) is 5.32. The molecule has 1 aliphatic rings. The monoisotopic (exact) mass is 322 g/mol. The number of aromatic nitrogens is 1. The summed E-state index contributed by atoms with van der Waals surface area (Å²) in [5, 5.41) is 6.54. The summed E-state index contributed by atoms with van der Waals surface area (Å²) >= 11 is 1.52. The van der Waals surface area contributed by atoms with Gasteiger partial charge in [0.2, 0.25) is 5.91 Å². The number of likely N-dealkylation sites (N-methyl/N-ethyl adjacent to an activating group) is 1. The van der Waals surface area contributed by atoms with Crippen molar-refractivity contribution in [3.8, 4) is 0 Å². The molecule has 6 nitrogen and oxygen atoms in total. The lowest BCUT2D eigenvalue weighted by molar-refractivity contribution is -0.122. The first-order valence-electron chi connectivity index (χ1n) is 7.36. The quantitative estimate of drug-likeness (QED) is 0.782. The minimum absolute atomic E-state index is 0.0314. The van der Waals surface area contributed by atoms with Gasteiger partial charge in [-0.2, -0.15) is 0 Å². The summed E-state index contributed by atoms with van der Waals surface area (Å²) in [4.78, 5) is 29.9. The van der Waals surface area contributed by atoms with Gasteiger partial charge in [0.05, 0.1) is 11.6 Å². The third-order valence-electron chi connectivity index (χ3n) is 3.78. The first-order valence-corrected chi connectivity index (χ1v) is 8.58. The molecule has 0 spiro atoms. The molecule has 1 saturated heterocycles. The second-order valence-corrected chi connectivity index (χ2v) is 6.11. The molecule has 1 aliphatic heterocycles. The summed E-state index contributed by atoms with van der Waals surface area (Å²) < 4.78 is 0. The molecule has 0 aliphatic carbocycles. The summed E-state index contributed by atoms with van der Waals surface area (Å²) in [5.74, 6) is -0.0219. The van der Waals surface area contributed by atoms with Gasteiger partial charge in [0, 0.05) is 37.9 Å². The first-order chi connectivity index (χ1) is 10.6. The van der Waals surface area contributed by atoms with Crippen molar-refractivity contribution in [1.82, 2.24) is 20.5 Å². The van der Waals surface area contributed by atoms with Crippen molar-refractivity contribution < 1.29 is 9.59 Å². The number of likely N-dealkylation sites (tertiary alicyclic amines) is 1. The van der Waals surface area contributed by atoms with Crippen LogP contribution in [0.4, 0.5) is 0 Å². The van der Waals surface area contributed by atoms with E-state index in [0.29, 0.717) is 12.1 Å². The van der Waals surface area contributed by atoms with Crippen molar-refractivity contribution >= 4 is 23.6 Å². The van der Waals surface area contributed by atoms with Crippen LogP contribution in [0.3, 0.4) is 0 Å². The predicted octanol–water partition coefficient (Wildman–Crippen LogP) is 0.744. The predicted molar refractivity (Wildman–Crippen MR) is 87.0 cm³/mol. The summed E-state index contributed by atoms with van der Waals surface area (Å²) in [7, 11) is 1.65. The number of nitrogens with one attached hydrogen (secondary N) is 2. The molecule has 0 atom stereocenters. The average Bonchev–Trinajstić information content (AvgIpc) is 2.56. The van der Waals surface area contributed by atoms with Crippen LogP contribution in [0.25, 0.3) is 0 Å². The third-order valence-corrected chi connectivity index (χ3v) is 4.42. The number of nitrogens with zero attached hydrogens (tertiary/aromatic N) is 2. The van der Waals surface area contributed by atoms with Gasteiger partial charge >= 0.3 is 0 Å². The highest BCUT2D eigenvalue weighted by Gasteiger charge is 2.22. The van der Waals surface area contributed by atoms with Gasteiger partial charge in [0.15, 0.2) is 0 Å². The number of hydrogen-bond acceptors (Lipinski definition) is 5. The molecule has 1 fully saturated rings. The topological polar surface area (TPSA) is 74.3 Å². The van der Waals surface area contributed by atoms with E-state index in [2.05, 4.69) is 20.5 Å². The Balaban J connectivity index is 1.82. The number of pyridine rings is 1. The molecule has 0 saturated carbocycles. The van der Waals surface area contributed by atoms with E-state index in [1.165, 1.54) is 11.8 Å². The summed E-state index contributed by atoms with van der Waals surface area (Å²) in [6, 6.07) is 3.70. The maximum Gasteiger partial charge on any atom is 0.251 e. The Morgan fingerprint density at radius 1 is 1.41 bits per heavy atom. The van der Waals surface area contributed by atoms with Crippen molar-refractivity contribution in [1.29, 1.82) is 0 Å². The molecule has 0 bridgehead atoms. The van der Waals surface area contributed by atoms with Crippen molar-refractivity contribution in [2.75, 3.05) is 32.9 Å². The molecule has 0 radical (unpaired) electrons. The molecule has 1 aromatic rings. The lowest BCUT2D eigenvalue weighted by atomic mass is 10.0. The maximum absolute atomic E-state index is 12.3. The van der Waals surface area contributed by atoms with E-state index < -0.39 is 0 Å². The largest absolute Gasteiger partial charge is 0.358 e. The van der Waals surface area contributed by atoms with Crippen molar-refractivity contribution in [3.63, 3.8) is 0 Å². The van der Waals surface area contributed by atoms with Gasteiger partial charge in [0.1, 0.15) is 0 Å². The first kappa shape index (κ1) is 16.8. The lowest BCUT2D eigenvalue weighted by Gasteiger charge is -2.31. The minimum atomic E-state index is -0.0533. The smallest absolute Gasteiger partial charge is 0.251 e. The highest BCUT2D eigenvalue weighted by molar-refractivity contribution is 7.98. The van der Waals surface area contributed by atoms with Crippen LogP contribution >= 0.6 is 11.8 Å². The zero-order valence-corrected chi connectivity index (χ0v) is 13.8. The zero-order valence-electron chi connectivity index (χ0n) is 13.0. The Hall–Kier alpha value is -1.60. The summed E-state index contributed by atoms with van der Waals surface area (Å²) in [5.41, 5.74) is 0.646. The van der Waals surface area contributed by atoms with Gasteiger partial charge < -0.3 is 10.6 Å². The molecular weight excluding hydrogens is 300 g/mol. The minimum Gasteiger partial charge on any atom is -0.358 e. The van der Waals surface area contributed by atoms with E-state index in [1.54, 1.807) is 25.4 Å². The molecule has 2 heterocycles. The van der Waals surface area contributed by atoms with Crippen LogP contribution in [-0.2, 0) is 4.79 Å². The number of carbonyl (C=O) groups is 2. The van der Waals surface area contributed by atoms with Crippen LogP contribution in [0.15, 0.2) is 23.4 Å². The van der Waals surface area contributed by atoms with Crippen molar-refractivity contribution in [3.05, 3.63) is 23.9 Å². The highest BCUT2D eigenvalue weighted by Crippen LogP contribution is 2.14. The highest BCUT2D eigenvalue weighted by atomic mass is 32.2. The normalized spacial score (nSPS) is 16.3. The van der Waals surface area contributed by atoms with E-state index in [-0.39, 0.29) is 17.9 Å². The number of rotatable bonds is 5. The average molecular weight is 322 g/mol. The second-order valence-electron chi connectivity index (χ2n) is 5.28. The fraction of sp³-hybridized carbons (Fsp3) is 0.533. The van der Waals surface area contributed by atoms with Crippen molar-refractivity contribution in [2.45, 2.75) is 23.9 Å². The Kier molecular flexibility index (Phi) is 6.21. The van der Waals surface area contributed by atoms with Crippen LogP contribution in [0.1, 0.15) is 23.2 Å². The Morgan fingerprint density at radius 3 is 2.77 bits per heavy atom. The fourth-order valence-corrected chi connectivity index (χ4v) is 2.86. The Morgan fingerprint density at radius 2 is 2.14 bits per heavy atom. The van der Waals surface area contributed by atoms with E-state index in [4.69, 9.17) is 0 Å². The molecule has 2 amide bonds. The molecule has 120 valence electrons. The second kappa shape index (κ2) is 8.14. The number of piperidine rings is 1.